The van der Waals surface area contributed by atoms with E-state index >= 15 is 0 Å². The number of nitrogens with zero attached hydrogens (tertiary/aromatic N) is 3. The van der Waals surface area contributed by atoms with Crippen LogP contribution in [0, 0.1) is 0 Å². The summed E-state index contributed by atoms with van der Waals surface area (Å²) in [7, 11) is 0. The SMILES string of the molecule is CCc1ccc(NC(=O)CSc2nncn2CCc2cccs2)cc1. The smallest absolute Gasteiger partial charge is 0.234 e. The Morgan fingerprint density at radius 3 is 2.84 bits per heavy atom. The van der Waals surface area contributed by atoms with Crippen molar-refractivity contribution in [2.45, 2.75) is 31.5 Å². The molecular weight excluding hydrogens is 352 g/mol. The Labute approximate surface area is 155 Å². The van der Waals surface area contributed by atoms with Crippen LogP contribution < -0.4 is 5.32 Å². The van der Waals surface area contributed by atoms with Gasteiger partial charge in [0.05, 0.1) is 5.75 Å². The predicted octanol–water partition coefficient (Wildman–Crippen LogP) is 3.88. The number of thioether (sulfide) groups is 1. The van der Waals surface area contributed by atoms with E-state index < -0.39 is 0 Å². The molecule has 0 atom stereocenters. The highest BCUT2D eigenvalue weighted by molar-refractivity contribution is 7.99. The van der Waals surface area contributed by atoms with Crippen LogP contribution in [0.3, 0.4) is 0 Å². The molecule has 0 fully saturated rings. The van der Waals surface area contributed by atoms with Crippen LogP contribution >= 0.6 is 23.1 Å². The molecule has 0 saturated carbocycles. The molecule has 7 heteroatoms. The van der Waals surface area contributed by atoms with Gasteiger partial charge in [0.15, 0.2) is 5.16 Å². The van der Waals surface area contributed by atoms with E-state index in [1.54, 1.807) is 17.7 Å². The highest BCUT2D eigenvalue weighted by atomic mass is 32.2. The lowest BCUT2D eigenvalue weighted by molar-refractivity contribution is -0.113. The average Bonchev–Trinajstić information content (AvgIpc) is 3.30. The number of aromatic nitrogens is 3. The first kappa shape index (κ1) is 17.7. The Kier molecular flexibility index (Phi) is 6.25. The van der Waals surface area contributed by atoms with Crippen LogP contribution in [0.15, 0.2) is 53.3 Å². The molecule has 5 nitrogen and oxygen atoms in total. The highest BCUT2D eigenvalue weighted by Crippen LogP contribution is 2.17. The summed E-state index contributed by atoms with van der Waals surface area (Å²) < 4.78 is 1.99. The van der Waals surface area contributed by atoms with Gasteiger partial charge in [0, 0.05) is 17.1 Å². The van der Waals surface area contributed by atoms with E-state index in [1.807, 2.05) is 28.8 Å². The standard InChI is InChI=1S/C18H20N4OS2/c1-2-14-5-7-15(8-6-14)20-17(23)12-25-18-21-19-13-22(18)10-9-16-4-3-11-24-16/h3-8,11,13H,2,9-10,12H2,1H3,(H,20,23). The van der Waals surface area contributed by atoms with Crippen molar-refractivity contribution in [2.75, 3.05) is 11.1 Å². The molecule has 0 spiro atoms. The van der Waals surface area contributed by atoms with Crippen molar-refractivity contribution < 1.29 is 4.79 Å². The summed E-state index contributed by atoms with van der Waals surface area (Å²) in [6.45, 7) is 2.93. The van der Waals surface area contributed by atoms with Crippen molar-refractivity contribution in [3.05, 3.63) is 58.5 Å². The van der Waals surface area contributed by atoms with Crippen molar-refractivity contribution in [2.24, 2.45) is 0 Å². The number of amides is 1. The molecule has 0 aliphatic rings. The maximum absolute atomic E-state index is 12.1. The lowest BCUT2D eigenvalue weighted by Crippen LogP contribution is -2.14. The van der Waals surface area contributed by atoms with Gasteiger partial charge in [0.25, 0.3) is 0 Å². The topological polar surface area (TPSA) is 59.8 Å². The fourth-order valence-electron chi connectivity index (χ4n) is 2.35. The summed E-state index contributed by atoms with van der Waals surface area (Å²) in [4.78, 5) is 13.5. The maximum atomic E-state index is 12.1. The second-order valence-corrected chi connectivity index (χ2v) is 7.50. The zero-order valence-electron chi connectivity index (χ0n) is 14.0. The van der Waals surface area contributed by atoms with Gasteiger partial charge in [-0.05, 0) is 42.0 Å². The molecular formula is C18H20N4OS2. The summed E-state index contributed by atoms with van der Waals surface area (Å²) in [6.07, 6.45) is 3.65. The molecule has 130 valence electrons. The number of nitrogens with one attached hydrogen (secondary N) is 1. The Balaban J connectivity index is 1.49. The molecule has 1 aromatic carbocycles. The van der Waals surface area contributed by atoms with Crippen LogP contribution in [0.4, 0.5) is 5.69 Å². The van der Waals surface area contributed by atoms with Gasteiger partial charge in [0.2, 0.25) is 5.91 Å². The number of anilines is 1. The lowest BCUT2D eigenvalue weighted by Gasteiger charge is -2.07. The highest BCUT2D eigenvalue weighted by Gasteiger charge is 2.09. The molecule has 0 saturated heterocycles. The van der Waals surface area contributed by atoms with Gasteiger partial charge >= 0.3 is 0 Å². The van der Waals surface area contributed by atoms with Gasteiger partial charge in [-0.1, -0.05) is 36.9 Å². The van der Waals surface area contributed by atoms with Crippen molar-refractivity contribution in [3.8, 4) is 0 Å². The van der Waals surface area contributed by atoms with Gasteiger partial charge in [-0.2, -0.15) is 0 Å². The summed E-state index contributed by atoms with van der Waals surface area (Å²) in [6, 6.07) is 12.1. The Morgan fingerprint density at radius 2 is 2.12 bits per heavy atom. The minimum atomic E-state index is -0.0398. The van der Waals surface area contributed by atoms with Crippen LogP contribution in [0.5, 0.6) is 0 Å². The van der Waals surface area contributed by atoms with Crippen molar-refractivity contribution >= 4 is 34.7 Å². The number of rotatable bonds is 8. The molecule has 3 aromatic rings. The average molecular weight is 373 g/mol. The number of benzene rings is 1. The van der Waals surface area contributed by atoms with Crippen LogP contribution in [0.1, 0.15) is 17.4 Å². The third-order valence-corrected chi connectivity index (χ3v) is 5.65. The third-order valence-electron chi connectivity index (χ3n) is 3.74. The van der Waals surface area contributed by atoms with Gasteiger partial charge in [-0.3, -0.25) is 4.79 Å². The van der Waals surface area contributed by atoms with Crippen molar-refractivity contribution in [3.63, 3.8) is 0 Å². The fraction of sp³-hybridized carbons (Fsp3) is 0.278. The number of hydrogen-bond donors (Lipinski definition) is 1. The molecule has 2 aromatic heterocycles. The second kappa shape index (κ2) is 8.82. The number of carbonyl (C=O) groups excluding carboxylic acids is 1. The van der Waals surface area contributed by atoms with Crippen LogP contribution in [0.25, 0.3) is 0 Å². The first-order chi connectivity index (χ1) is 12.2. The molecule has 2 heterocycles. The largest absolute Gasteiger partial charge is 0.325 e. The molecule has 0 unspecified atom stereocenters. The van der Waals surface area contributed by atoms with Gasteiger partial charge in [-0.25, -0.2) is 0 Å². The maximum Gasteiger partial charge on any atom is 0.234 e. The number of hydrogen-bond acceptors (Lipinski definition) is 5. The molecule has 0 bridgehead atoms. The zero-order valence-corrected chi connectivity index (χ0v) is 15.6. The van der Waals surface area contributed by atoms with E-state index in [-0.39, 0.29) is 5.91 Å². The minimum absolute atomic E-state index is 0.0398. The second-order valence-electron chi connectivity index (χ2n) is 5.52. The zero-order chi connectivity index (χ0) is 17.5. The van der Waals surface area contributed by atoms with Gasteiger partial charge in [-0.15, -0.1) is 21.5 Å². The van der Waals surface area contributed by atoms with E-state index in [4.69, 9.17) is 0 Å². The Bertz CT molecular complexity index is 797. The normalized spacial score (nSPS) is 10.8. The van der Waals surface area contributed by atoms with Crippen LogP contribution in [-0.2, 0) is 24.2 Å². The molecule has 25 heavy (non-hydrogen) atoms. The minimum Gasteiger partial charge on any atom is -0.325 e. The van der Waals surface area contributed by atoms with E-state index in [0.29, 0.717) is 5.75 Å². The molecule has 0 aliphatic heterocycles. The van der Waals surface area contributed by atoms with E-state index in [1.165, 1.54) is 22.2 Å². The van der Waals surface area contributed by atoms with E-state index in [2.05, 4.69) is 40.0 Å². The predicted molar refractivity (Wildman–Crippen MR) is 103 cm³/mol. The first-order valence-corrected chi connectivity index (χ1v) is 10.0. The summed E-state index contributed by atoms with van der Waals surface area (Å²) >= 11 is 3.15. The van der Waals surface area contributed by atoms with Crippen molar-refractivity contribution in [1.29, 1.82) is 0 Å². The number of aryl methyl sites for hydroxylation is 3. The molecule has 3 rings (SSSR count). The van der Waals surface area contributed by atoms with Crippen molar-refractivity contribution in [1.82, 2.24) is 14.8 Å². The fourth-order valence-corrected chi connectivity index (χ4v) is 3.79. The quantitative estimate of drug-likeness (QED) is 0.610. The Morgan fingerprint density at radius 1 is 1.28 bits per heavy atom. The van der Waals surface area contributed by atoms with Gasteiger partial charge in [0.1, 0.15) is 6.33 Å². The summed E-state index contributed by atoms with van der Waals surface area (Å²) in [5.74, 6) is 0.273. The molecule has 1 N–H and O–H groups in total. The van der Waals surface area contributed by atoms with E-state index in [9.17, 15) is 4.79 Å². The summed E-state index contributed by atoms with van der Waals surface area (Å²) in [5.41, 5.74) is 2.08. The van der Waals surface area contributed by atoms with Crippen LogP contribution in [-0.4, -0.2) is 26.4 Å². The summed E-state index contributed by atoms with van der Waals surface area (Å²) in [5, 5.41) is 13.8. The molecule has 1 amide bonds. The van der Waals surface area contributed by atoms with E-state index in [0.717, 1.165) is 30.2 Å². The molecule has 0 radical (unpaired) electrons. The van der Waals surface area contributed by atoms with Crippen LogP contribution in [0.2, 0.25) is 0 Å². The Hall–Kier alpha value is -2.12. The first-order valence-electron chi connectivity index (χ1n) is 8.16. The lowest BCUT2D eigenvalue weighted by atomic mass is 10.1. The number of thiophene rings is 1. The monoisotopic (exact) mass is 372 g/mol. The van der Waals surface area contributed by atoms with Gasteiger partial charge < -0.3 is 9.88 Å². The number of carbonyl (C=O) groups is 1. The molecule has 0 aliphatic carbocycles. The third kappa shape index (κ3) is 5.17.